The molecule has 2 rings (SSSR count). The van der Waals surface area contributed by atoms with Crippen LogP contribution in [0, 0.1) is 19.3 Å². The van der Waals surface area contributed by atoms with Crippen molar-refractivity contribution < 1.29 is 9.90 Å². The third kappa shape index (κ3) is 4.47. The molecule has 1 aromatic carbocycles. The summed E-state index contributed by atoms with van der Waals surface area (Å²) < 4.78 is 0. The van der Waals surface area contributed by atoms with E-state index in [0.29, 0.717) is 26.1 Å². The molecular formula is C18H28N2O2. The minimum atomic E-state index is -0.313. The summed E-state index contributed by atoms with van der Waals surface area (Å²) in [6, 6.07) is 6.25. The molecular weight excluding hydrogens is 276 g/mol. The van der Waals surface area contributed by atoms with E-state index in [4.69, 9.17) is 0 Å². The third-order valence-electron chi connectivity index (χ3n) is 4.36. The molecule has 4 nitrogen and oxygen atoms in total. The lowest BCUT2D eigenvalue weighted by Gasteiger charge is -2.29. The molecule has 1 aromatic rings. The highest BCUT2D eigenvalue weighted by Gasteiger charge is 2.31. The zero-order valence-electron chi connectivity index (χ0n) is 14.1. The summed E-state index contributed by atoms with van der Waals surface area (Å²) in [5.41, 5.74) is 3.50. The quantitative estimate of drug-likeness (QED) is 0.882. The van der Waals surface area contributed by atoms with Crippen LogP contribution in [0.1, 0.15) is 43.4 Å². The van der Waals surface area contributed by atoms with Crippen LogP contribution >= 0.6 is 0 Å². The lowest BCUT2D eigenvalue weighted by molar-refractivity contribution is 0.121. The highest BCUT2D eigenvalue weighted by molar-refractivity contribution is 5.74. The summed E-state index contributed by atoms with van der Waals surface area (Å²) >= 11 is 0. The number of carbonyl (C=O) groups excluding carboxylic acids is 1. The van der Waals surface area contributed by atoms with Gasteiger partial charge in [-0.1, -0.05) is 37.6 Å². The number of urea groups is 1. The number of carbonyl (C=O) groups is 1. The van der Waals surface area contributed by atoms with Gasteiger partial charge in [-0.3, -0.25) is 0 Å². The van der Waals surface area contributed by atoms with E-state index < -0.39 is 0 Å². The Kier molecular flexibility index (Phi) is 5.12. The van der Waals surface area contributed by atoms with Gasteiger partial charge in [-0.05, 0) is 43.2 Å². The summed E-state index contributed by atoms with van der Waals surface area (Å²) in [6.07, 6.45) is 1.08. The fraction of sp³-hybridized carbons (Fsp3) is 0.611. The second-order valence-corrected chi connectivity index (χ2v) is 7.32. The van der Waals surface area contributed by atoms with E-state index in [9.17, 15) is 9.90 Å². The average molecular weight is 304 g/mol. The third-order valence-corrected chi connectivity index (χ3v) is 4.36. The number of nitrogens with zero attached hydrogens (tertiary/aromatic N) is 1. The van der Waals surface area contributed by atoms with Crippen LogP contribution in [0.5, 0.6) is 0 Å². The van der Waals surface area contributed by atoms with Crippen LogP contribution in [0.2, 0.25) is 0 Å². The average Bonchev–Trinajstić information content (AvgIpc) is 2.56. The van der Waals surface area contributed by atoms with Gasteiger partial charge in [0.1, 0.15) is 0 Å². The Morgan fingerprint density at radius 1 is 1.41 bits per heavy atom. The largest absolute Gasteiger partial charge is 0.393 e. The van der Waals surface area contributed by atoms with Gasteiger partial charge in [0.25, 0.3) is 0 Å². The van der Waals surface area contributed by atoms with Crippen LogP contribution in [-0.4, -0.2) is 35.2 Å². The second-order valence-electron chi connectivity index (χ2n) is 7.32. The fourth-order valence-electron chi connectivity index (χ4n) is 3.15. The number of hydrogen-bond acceptors (Lipinski definition) is 2. The molecule has 4 heteroatoms. The molecule has 0 spiro atoms. The SMILES string of the molecule is Cc1ccc(C)c(CNC(=O)N2CC[C@@H](O)CC(C)(C)C2)c1. The van der Waals surface area contributed by atoms with Crippen molar-refractivity contribution >= 4 is 6.03 Å². The predicted octanol–water partition coefficient (Wildman–Crippen LogP) is 3.00. The first kappa shape index (κ1) is 16.8. The molecule has 1 saturated heterocycles. The highest BCUT2D eigenvalue weighted by atomic mass is 16.3. The molecule has 0 saturated carbocycles. The molecule has 1 aliphatic heterocycles. The molecule has 22 heavy (non-hydrogen) atoms. The molecule has 0 aromatic heterocycles. The van der Waals surface area contributed by atoms with Gasteiger partial charge in [0.15, 0.2) is 0 Å². The fourth-order valence-corrected chi connectivity index (χ4v) is 3.15. The Morgan fingerprint density at radius 3 is 2.86 bits per heavy atom. The van der Waals surface area contributed by atoms with Crippen molar-refractivity contribution in [3.63, 3.8) is 0 Å². The van der Waals surface area contributed by atoms with Crippen LogP contribution in [0.25, 0.3) is 0 Å². The van der Waals surface area contributed by atoms with Gasteiger partial charge < -0.3 is 15.3 Å². The molecule has 0 aliphatic carbocycles. The van der Waals surface area contributed by atoms with Crippen LogP contribution in [-0.2, 0) is 6.54 Å². The van der Waals surface area contributed by atoms with Crippen molar-refractivity contribution in [3.8, 4) is 0 Å². The maximum absolute atomic E-state index is 12.4. The normalized spacial score (nSPS) is 21.3. The number of aryl methyl sites for hydroxylation is 2. The maximum atomic E-state index is 12.4. The number of hydrogen-bond donors (Lipinski definition) is 2. The summed E-state index contributed by atoms with van der Waals surface area (Å²) in [6.45, 7) is 10.2. The first-order valence-electron chi connectivity index (χ1n) is 8.04. The van der Waals surface area contributed by atoms with Crippen molar-refractivity contribution in [3.05, 3.63) is 34.9 Å². The van der Waals surface area contributed by atoms with Gasteiger partial charge in [-0.15, -0.1) is 0 Å². The van der Waals surface area contributed by atoms with E-state index >= 15 is 0 Å². The van der Waals surface area contributed by atoms with Crippen LogP contribution in [0.4, 0.5) is 4.79 Å². The first-order valence-corrected chi connectivity index (χ1v) is 8.04. The van der Waals surface area contributed by atoms with Gasteiger partial charge in [-0.2, -0.15) is 0 Å². The van der Waals surface area contributed by atoms with Gasteiger partial charge >= 0.3 is 6.03 Å². The number of aliphatic hydroxyl groups is 1. The molecule has 2 amide bonds. The molecule has 1 heterocycles. The summed E-state index contributed by atoms with van der Waals surface area (Å²) in [4.78, 5) is 14.3. The molecule has 0 bridgehead atoms. The highest BCUT2D eigenvalue weighted by Crippen LogP contribution is 2.28. The number of aliphatic hydroxyl groups excluding tert-OH is 1. The van der Waals surface area contributed by atoms with E-state index in [2.05, 4.69) is 51.2 Å². The van der Waals surface area contributed by atoms with E-state index in [1.54, 1.807) is 0 Å². The summed E-state index contributed by atoms with van der Waals surface area (Å²) in [5, 5.41) is 13.0. The van der Waals surface area contributed by atoms with Crippen LogP contribution < -0.4 is 5.32 Å². The molecule has 0 unspecified atom stereocenters. The van der Waals surface area contributed by atoms with Gasteiger partial charge in [0.05, 0.1) is 6.10 Å². The molecule has 0 radical (unpaired) electrons. The van der Waals surface area contributed by atoms with E-state index in [1.807, 2.05) is 4.90 Å². The Labute approximate surface area is 133 Å². The van der Waals surface area contributed by atoms with Crippen molar-refractivity contribution in [2.75, 3.05) is 13.1 Å². The Balaban J connectivity index is 1.98. The lowest BCUT2D eigenvalue weighted by atomic mass is 9.87. The minimum absolute atomic E-state index is 0.0388. The Hall–Kier alpha value is -1.55. The topological polar surface area (TPSA) is 52.6 Å². The predicted molar refractivity (Wildman–Crippen MR) is 88.7 cm³/mol. The Bertz CT molecular complexity index is 540. The molecule has 1 atom stereocenters. The number of benzene rings is 1. The summed E-state index contributed by atoms with van der Waals surface area (Å²) in [7, 11) is 0. The number of nitrogens with one attached hydrogen (secondary N) is 1. The second kappa shape index (κ2) is 6.69. The van der Waals surface area contributed by atoms with E-state index in [-0.39, 0.29) is 17.6 Å². The van der Waals surface area contributed by atoms with E-state index in [0.717, 1.165) is 12.0 Å². The zero-order chi connectivity index (χ0) is 16.3. The number of amides is 2. The maximum Gasteiger partial charge on any atom is 0.317 e. The number of rotatable bonds is 2. The van der Waals surface area contributed by atoms with Crippen molar-refractivity contribution in [1.82, 2.24) is 10.2 Å². The first-order chi connectivity index (χ1) is 10.3. The Morgan fingerprint density at radius 2 is 2.14 bits per heavy atom. The van der Waals surface area contributed by atoms with Crippen molar-refractivity contribution in [2.45, 2.75) is 53.2 Å². The van der Waals surface area contributed by atoms with Crippen LogP contribution in [0.3, 0.4) is 0 Å². The molecule has 122 valence electrons. The zero-order valence-corrected chi connectivity index (χ0v) is 14.1. The number of likely N-dealkylation sites (tertiary alicyclic amines) is 1. The standard InChI is InChI=1S/C18H28N2O2/c1-13-5-6-14(2)15(9-13)11-19-17(22)20-8-7-16(21)10-18(3,4)12-20/h5-6,9,16,21H,7-8,10-12H2,1-4H3,(H,19,22)/t16-/m1/s1. The summed E-state index contributed by atoms with van der Waals surface area (Å²) in [5.74, 6) is 0. The molecule has 1 aliphatic rings. The van der Waals surface area contributed by atoms with Crippen molar-refractivity contribution in [1.29, 1.82) is 0 Å². The monoisotopic (exact) mass is 304 g/mol. The van der Waals surface area contributed by atoms with Gasteiger partial charge in [0.2, 0.25) is 0 Å². The van der Waals surface area contributed by atoms with Gasteiger partial charge in [-0.25, -0.2) is 4.79 Å². The molecule has 1 fully saturated rings. The van der Waals surface area contributed by atoms with E-state index in [1.165, 1.54) is 11.1 Å². The van der Waals surface area contributed by atoms with Crippen LogP contribution in [0.15, 0.2) is 18.2 Å². The lowest BCUT2D eigenvalue weighted by Crippen LogP contribution is -2.43. The van der Waals surface area contributed by atoms with Gasteiger partial charge in [0, 0.05) is 19.6 Å². The smallest absolute Gasteiger partial charge is 0.317 e. The van der Waals surface area contributed by atoms with Crippen molar-refractivity contribution in [2.24, 2.45) is 5.41 Å². The minimum Gasteiger partial charge on any atom is -0.393 e. The molecule has 2 N–H and O–H groups in total.